The quantitative estimate of drug-likeness (QED) is 0.334. The Hall–Kier alpha value is -0.810. The molecule has 0 spiro atoms. The van der Waals surface area contributed by atoms with E-state index >= 15 is 0 Å². The van der Waals surface area contributed by atoms with Gasteiger partial charge >= 0.3 is 0 Å². The highest BCUT2D eigenvalue weighted by Gasteiger charge is 2.03. The second-order valence-electron chi connectivity index (χ2n) is 3.64. The molecular formula is C10H24N4O. The van der Waals surface area contributed by atoms with Gasteiger partial charge in [-0.15, -0.1) is 0 Å². The molecule has 5 nitrogen and oxygen atoms in total. The van der Waals surface area contributed by atoms with E-state index in [1.807, 2.05) is 12.4 Å². The first-order valence-corrected chi connectivity index (χ1v) is 5.59. The molecule has 0 aliphatic rings. The van der Waals surface area contributed by atoms with Crippen molar-refractivity contribution < 1.29 is 5.21 Å². The third-order valence-corrected chi connectivity index (χ3v) is 2.46. The Balaban J connectivity index is 3.67. The van der Waals surface area contributed by atoms with Crippen molar-refractivity contribution in [1.29, 1.82) is 0 Å². The van der Waals surface area contributed by atoms with E-state index < -0.39 is 0 Å². The minimum Gasteiger partial charge on any atom is -0.368 e. The van der Waals surface area contributed by atoms with Crippen molar-refractivity contribution >= 4 is 5.96 Å². The zero-order valence-electron chi connectivity index (χ0n) is 10.0. The highest BCUT2D eigenvalue weighted by Crippen LogP contribution is 2.02. The number of rotatable bonds is 7. The summed E-state index contributed by atoms with van der Waals surface area (Å²) in [4.78, 5) is 6.44. The van der Waals surface area contributed by atoms with Gasteiger partial charge in [0.1, 0.15) is 0 Å². The van der Waals surface area contributed by atoms with E-state index in [2.05, 4.69) is 23.7 Å². The van der Waals surface area contributed by atoms with Crippen LogP contribution in [0.15, 0.2) is 4.99 Å². The van der Waals surface area contributed by atoms with Gasteiger partial charge in [-0.2, -0.15) is 0 Å². The molecule has 0 rings (SSSR count). The predicted molar refractivity (Wildman–Crippen MR) is 63.0 cm³/mol. The van der Waals surface area contributed by atoms with Gasteiger partial charge in [0, 0.05) is 0 Å². The van der Waals surface area contributed by atoms with E-state index in [0.717, 1.165) is 32.5 Å². The molecule has 0 aromatic heterocycles. The summed E-state index contributed by atoms with van der Waals surface area (Å²) < 4.78 is 0. The minimum atomic E-state index is 0.0883. The lowest BCUT2D eigenvalue weighted by Gasteiger charge is -2.18. The van der Waals surface area contributed by atoms with Crippen LogP contribution in [0.5, 0.6) is 0 Å². The standard InChI is InChI=1S/C10H24N4O/c1-4-14(5-2)8-6-7-9(3)12-10(11)13-15/h9,15H,4-8H2,1-3H3,(H3,11,12,13). The van der Waals surface area contributed by atoms with E-state index in [-0.39, 0.29) is 12.0 Å². The molecule has 1 unspecified atom stereocenters. The van der Waals surface area contributed by atoms with E-state index in [1.54, 1.807) is 0 Å². The Morgan fingerprint density at radius 1 is 1.47 bits per heavy atom. The van der Waals surface area contributed by atoms with Gasteiger partial charge < -0.3 is 10.6 Å². The van der Waals surface area contributed by atoms with Gasteiger partial charge in [0.15, 0.2) is 0 Å². The Bertz CT molecular complexity index is 180. The van der Waals surface area contributed by atoms with Crippen LogP contribution in [0.3, 0.4) is 0 Å². The Labute approximate surface area is 92.3 Å². The van der Waals surface area contributed by atoms with Crippen molar-refractivity contribution in [1.82, 2.24) is 10.4 Å². The lowest BCUT2D eigenvalue weighted by molar-refractivity contribution is 0.232. The molecule has 5 heteroatoms. The molecule has 1 atom stereocenters. The average molecular weight is 216 g/mol. The third-order valence-electron chi connectivity index (χ3n) is 2.46. The van der Waals surface area contributed by atoms with Crippen LogP contribution in [-0.4, -0.2) is 41.7 Å². The fourth-order valence-electron chi connectivity index (χ4n) is 1.48. The molecule has 15 heavy (non-hydrogen) atoms. The minimum absolute atomic E-state index is 0.0883. The molecule has 90 valence electrons. The zero-order chi connectivity index (χ0) is 11.7. The van der Waals surface area contributed by atoms with E-state index in [0.29, 0.717) is 0 Å². The molecular weight excluding hydrogens is 192 g/mol. The van der Waals surface area contributed by atoms with Crippen LogP contribution < -0.4 is 11.2 Å². The lowest BCUT2D eigenvalue weighted by Crippen LogP contribution is -2.30. The molecule has 0 saturated heterocycles. The van der Waals surface area contributed by atoms with Crippen molar-refractivity contribution in [2.24, 2.45) is 10.7 Å². The molecule has 4 N–H and O–H groups in total. The van der Waals surface area contributed by atoms with Crippen molar-refractivity contribution in [3.8, 4) is 0 Å². The monoisotopic (exact) mass is 216 g/mol. The van der Waals surface area contributed by atoms with E-state index in [4.69, 9.17) is 10.9 Å². The van der Waals surface area contributed by atoms with Crippen LogP contribution in [0.2, 0.25) is 0 Å². The highest BCUT2D eigenvalue weighted by atomic mass is 16.5. The summed E-state index contributed by atoms with van der Waals surface area (Å²) in [5, 5.41) is 8.46. The molecule has 0 heterocycles. The molecule has 0 fully saturated rings. The molecule has 0 saturated carbocycles. The van der Waals surface area contributed by atoms with Crippen LogP contribution >= 0.6 is 0 Å². The summed E-state index contributed by atoms with van der Waals surface area (Å²) in [7, 11) is 0. The summed E-state index contributed by atoms with van der Waals surface area (Å²) in [5.74, 6) is 0.0883. The second-order valence-corrected chi connectivity index (χ2v) is 3.64. The molecule has 0 aromatic carbocycles. The fraction of sp³-hybridized carbons (Fsp3) is 0.900. The van der Waals surface area contributed by atoms with Gasteiger partial charge in [-0.05, 0) is 39.4 Å². The summed E-state index contributed by atoms with van der Waals surface area (Å²) in [6.07, 6.45) is 2.09. The lowest BCUT2D eigenvalue weighted by atomic mass is 10.2. The number of nitrogens with two attached hydrogens (primary N) is 1. The maximum absolute atomic E-state index is 8.46. The van der Waals surface area contributed by atoms with Gasteiger partial charge in [-0.1, -0.05) is 13.8 Å². The van der Waals surface area contributed by atoms with Crippen molar-refractivity contribution in [2.75, 3.05) is 19.6 Å². The zero-order valence-corrected chi connectivity index (χ0v) is 10.0. The van der Waals surface area contributed by atoms with Crippen LogP contribution in [-0.2, 0) is 0 Å². The van der Waals surface area contributed by atoms with Crippen LogP contribution in [0, 0.1) is 0 Å². The summed E-state index contributed by atoms with van der Waals surface area (Å²) >= 11 is 0. The average Bonchev–Trinajstić information content (AvgIpc) is 2.24. The Morgan fingerprint density at radius 3 is 2.53 bits per heavy atom. The molecule has 0 amide bonds. The van der Waals surface area contributed by atoms with Gasteiger partial charge in [0.05, 0.1) is 6.04 Å². The number of nitrogens with one attached hydrogen (secondary N) is 1. The number of aliphatic imine (C=N–C) groups is 1. The largest absolute Gasteiger partial charge is 0.368 e. The molecule has 0 aromatic rings. The topological polar surface area (TPSA) is 73.9 Å². The van der Waals surface area contributed by atoms with E-state index in [9.17, 15) is 0 Å². The Morgan fingerprint density at radius 2 is 2.07 bits per heavy atom. The SMILES string of the molecule is CCN(CC)CCCC(C)N=C(N)NO. The molecule has 0 bridgehead atoms. The number of nitrogens with zero attached hydrogens (tertiary/aromatic N) is 2. The normalized spacial score (nSPS) is 14.3. The van der Waals surface area contributed by atoms with Crippen molar-refractivity contribution in [3.63, 3.8) is 0 Å². The Kier molecular flexibility index (Phi) is 8.04. The fourth-order valence-corrected chi connectivity index (χ4v) is 1.48. The second kappa shape index (κ2) is 8.49. The highest BCUT2D eigenvalue weighted by molar-refractivity contribution is 5.76. The first kappa shape index (κ1) is 14.2. The van der Waals surface area contributed by atoms with Crippen molar-refractivity contribution in [2.45, 2.75) is 39.7 Å². The maximum Gasteiger partial charge on any atom is 0.213 e. The molecule has 0 aliphatic heterocycles. The summed E-state index contributed by atoms with van der Waals surface area (Å²) in [6.45, 7) is 9.60. The van der Waals surface area contributed by atoms with Gasteiger partial charge in [-0.3, -0.25) is 5.21 Å². The van der Waals surface area contributed by atoms with Gasteiger partial charge in [-0.25, -0.2) is 10.5 Å². The van der Waals surface area contributed by atoms with Crippen molar-refractivity contribution in [3.05, 3.63) is 0 Å². The first-order chi connectivity index (χ1) is 7.13. The number of hydrogen-bond acceptors (Lipinski definition) is 3. The van der Waals surface area contributed by atoms with Gasteiger partial charge in [0.2, 0.25) is 5.96 Å². The summed E-state index contributed by atoms with van der Waals surface area (Å²) in [6, 6.07) is 0.153. The summed E-state index contributed by atoms with van der Waals surface area (Å²) in [5.41, 5.74) is 7.17. The maximum atomic E-state index is 8.46. The van der Waals surface area contributed by atoms with Gasteiger partial charge in [0.25, 0.3) is 0 Å². The van der Waals surface area contributed by atoms with E-state index in [1.165, 1.54) is 0 Å². The predicted octanol–water partition coefficient (Wildman–Crippen LogP) is 0.790. The number of guanidine groups is 1. The smallest absolute Gasteiger partial charge is 0.213 e. The number of hydroxylamine groups is 1. The van der Waals surface area contributed by atoms with Crippen LogP contribution in [0.4, 0.5) is 0 Å². The van der Waals surface area contributed by atoms with Crippen LogP contribution in [0.1, 0.15) is 33.6 Å². The first-order valence-electron chi connectivity index (χ1n) is 5.59. The van der Waals surface area contributed by atoms with Crippen LogP contribution in [0.25, 0.3) is 0 Å². The molecule has 0 aliphatic carbocycles. The third kappa shape index (κ3) is 7.16. The number of hydrogen-bond donors (Lipinski definition) is 3. The molecule has 0 radical (unpaired) electrons.